The molecule has 0 radical (unpaired) electrons. The predicted molar refractivity (Wildman–Crippen MR) is 220 cm³/mol. The maximum absolute atomic E-state index is 12.4. The zero-order chi connectivity index (χ0) is 43.2. The number of aromatic nitrogens is 1. The standard InChI is InChI=1S/C41H73N5O13/c42-41(54)34(45-35(47)19-15-13-11-9-7-5-3-1-2-4-6-8-10-12-14-16-20-39(51)52)18-17-23-43-24-26-55-28-30-57-32-36(48)44-25-27-56-29-31-58-33-40(53)59-46-37(49)21-22-38(46)50/h21-22,34,43,49-50H,1-20,23-33H2,(H2,42,54)(H,44,48)(H,45,47)(H,51,52). The number of unbranched alkanes of at least 4 members (excludes halogenated alkanes) is 15. The van der Waals surface area contributed by atoms with Crippen molar-refractivity contribution in [1.82, 2.24) is 20.7 Å². The van der Waals surface area contributed by atoms with Crippen molar-refractivity contribution in [2.45, 2.75) is 134 Å². The zero-order valence-electron chi connectivity index (χ0n) is 35.1. The van der Waals surface area contributed by atoms with E-state index >= 15 is 0 Å². The van der Waals surface area contributed by atoms with Crippen LogP contribution in [-0.4, -0.2) is 128 Å². The Morgan fingerprint density at radius 3 is 1.58 bits per heavy atom. The van der Waals surface area contributed by atoms with Crippen molar-refractivity contribution in [2.75, 3.05) is 72.5 Å². The van der Waals surface area contributed by atoms with E-state index in [4.69, 9.17) is 34.6 Å². The number of nitrogens with zero attached hydrogens (tertiary/aromatic N) is 1. The van der Waals surface area contributed by atoms with Crippen molar-refractivity contribution in [3.05, 3.63) is 12.1 Å². The number of carbonyl (C=O) groups is 5. The molecular weight excluding hydrogens is 770 g/mol. The lowest BCUT2D eigenvalue weighted by Gasteiger charge is -2.15. The van der Waals surface area contributed by atoms with Gasteiger partial charge in [0.2, 0.25) is 29.5 Å². The fraction of sp³-hybridized carbons (Fsp3) is 0.780. The summed E-state index contributed by atoms with van der Waals surface area (Å²) in [4.78, 5) is 63.0. The third-order valence-corrected chi connectivity index (χ3v) is 9.25. The van der Waals surface area contributed by atoms with Crippen molar-refractivity contribution < 1.29 is 63.1 Å². The van der Waals surface area contributed by atoms with Gasteiger partial charge >= 0.3 is 11.9 Å². The van der Waals surface area contributed by atoms with Crippen LogP contribution in [0.15, 0.2) is 12.1 Å². The smallest absolute Gasteiger partial charge is 0.358 e. The fourth-order valence-electron chi connectivity index (χ4n) is 5.99. The van der Waals surface area contributed by atoms with E-state index in [1.54, 1.807) is 0 Å². The Labute approximate surface area is 349 Å². The average molecular weight is 844 g/mol. The first-order chi connectivity index (χ1) is 28.6. The van der Waals surface area contributed by atoms with Gasteiger partial charge in [-0.3, -0.25) is 19.2 Å². The summed E-state index contributed by atoms with van der Waals surface area (Å²) in [6.45, 7) is 2.45. The lowest BCUT2D eigenvalue weighted by Crippen LogP contribution is -2.44. The van der Waals surface area contributed by atoms with Gasteiger partial charge in [0, 0.05) is 38.1 Å². The van der Waals surface area contributed by atoms with Crippen molar-refractivity contribution in [2.24, 2.45) is 5.73 Å². The molecule has 3 amide bonds. The van der Waals surface area contributed by atoms with E-state index in [1.165, 1.54) is 64.2 Å². The molecule has 18 nitrogen and oxygen atoms in total. The fourth-order valence-corrected chi connectivity index (χ4v) is 5.99. The monoisotopic (exact) mass is 844 g/mol. The first-order valence-corrected chi connectivity index (χ1v) is 21.5. The van der Waals surface area contributed by atoms with Gasteiger partial charge in [-0.2, -0.15) is 0 Å². The Bertz CT molecular complexity index is 1250. The van der Waals surface area contributed by atoms with E-state index in [0.29, 0.717) is 56.7 Å². The van der Waals surface area contributed by atoms with Gasteiger partial charge in [0.15, 0.2) is 0 Å². The molecule has 0 aliphatic carbocycles. The van der Waals surface area contributed by atoms with Crippen LogP contribution in [0.2, 0.25) is 0 Å². The number of nitrogens with two attached hydrogens (primary N) is 1. The van der Waals surface area contributed by atoms with Crippen molar-refractivity contribution in [3.8, 4) is 11.8 Å². The van der Waals surface area contributed by atoms with E-state index in [0.717, 1.165) is 50.7 Å². The number of hydrogen-bond donors (Lipinski definition) is 7. The molecule has 0 spiro atoms. The maximum Gasteiger partial charge on any atom is 0.358 e. The zero-order valence-corrected chi connectivity index (χ0v) is 35.1. The number of aliphatic carboxylic acids is 1. The predicted octanol–water partition coefficient (Wildman–Crippen LogP) is 3.48. The number of primary amides is 1. The quantitative estimate of drug-likeness (QED) is 0.0465. The van der Waals surface area contributed by atoms with E-state index in [9.17, 15) is 34.2 Å². The van der Waals surface area contributed by atoms with Crippen molar-refractivity contribution in [3.63, 3.8) is 0 Å². The van der Waals surface area contributed by atoms with Crippen LogP contribution in [0, 0.1) is 0 Å². The molecule has 1 aromatic rings. The number of carbonyl (C=O) groups excluding carboxylic acids is 4. The number of carboxylic acid groups (broad SMARTS) is 1. The Hall–Kier alpha value is -3.97. The number of aromatic hydroxyl groups is 2. The topological polar surface area (TPSA) is 259 Å². The molecule has 1 heterocycles. The van der Waals surface area contributed by atoms with Gasteiger partial charge in [-0.1, -0.05) is 89.9 Å². The Morgan fingerprint density at radius 2 is 1.05 bits per heavy atom. The first kappa shape index (κ1) is 53.0. The second-order valence-corrected chi connectivity index (χ2v) is 14.5. The number of amides is 3. The lowest BCUT2D eigenvalue weighted by atomic mass is 10.0. The molecule has 0 saturated heterocycles. The molecular formula is C41H73N5O13. The Kier molecular flexibility index (Phi) is 33.3. The number of ether oxygens (including phenoxy) is 4. The number of nitrogens with one attached hydrogen (secondary N) is 3. The molecule has 0 aromatic carbocycles. The first-order valence-electron chi connectivity index (χ1n) is 21.5. The number of hydrogen-bond acceptors (Lipinski definition) is 13. The average Bonchev–Trinajstić information content (AvgIpc) is 3.51. The van der Waals surface area contributed by atoms with Crippen LogP contribution in [0.25, 0.3) is 0 Å². The molecule has 18 heteroatoms. The molecule has 1 aromatic heterocycles. The normalized spacial score (nSPS) is 11.7. The minimum Gasteiger partial charge on any atom is -0.492 e. The van der Waals surface area contributed by atoms with Gasteiger partial charge < -0.3 is 60.8 Å². The summed E-state index contributed by atoms with van der Waals surface area (Å²) in [5, 5.41) is 36.2. The van der Waals surface area contributed by atoms with Gasteiger partial charge in [0.05, 0.1) is 39.6 Å². The Balaban J connectivity index is 1.85. The molecule has 8 N–H and O–H groups in total. The highest BCUT2D eigenvalue weighted by molar-refractivity contribution is 5.86. The van der Waals surface area contributed by atoms with Crippen molar-refractivity contribution >= 4 is 29.7 Å². The van der Waals surface area contributed by atoms with Gasteiger partial charge in [-0.05, 0) is 32.2 Å². The summed E-state index contributed by atoms with van der Waals surface area (Å²) >= 11 is 0. The van der Waals surface area contributed by atoms with Crippen LogP contribution in [0.3, 0.4) is 0 Å². The van der Waals surface area contributed by atoms with Crippen LogP contribution in [-0.2, 0) is 42.9 Å². The second-order valence-electron chi connectivity index (χ2n) is 14.5. The van der Waals surface area contributed by atoms with E-state index in [2.05, 4.69) is 16.0 Å². The third kappa shape index (κ3) is 32.6. The van der Waals surface area contributed by atoms with Crippen LogP contribution in [0.4, 0.5) is 0 Å². The van der Waals surface area contributed by atoms with Crippen LogP contribution in [0.1, 0.15) is 128 Å². The second kappa shape index (κ2) is 37.1. The van der Waals surface area contributed by atoms with Gasteiger partial charge in [0.1, 0.15) is 19.3 Å². The van der Waals surface area contributed by atoms with Gasteiger partial charge in [-0.15, -0.1) is 4.73 Å². The molecule has 0 saturated carbocycles. The molecule has 1 rings (SSSR count). The molecule has 59 heavy (non-hydrogen) atoms. The summed E-state index contributed by atoms with van der Waals surface area (Å²) in [7, 11) is 0. The molecule has 0 bridgehead atoms. The van der Waals surface area contributed by atoms with Gasteiger partial charge in [0.25, 0.3) is 0 Å². The number of carboxylic acids is 1. The highest BCUT2D eigenvalue weighted by Crippen LogP contribution is 2.18. The summed E-state index contributed by atoms with van der Waals surface area (Å²) in [5.74, 6) is -3.35. The summed E-state index contributed by atoms with van der Waals surface area (Å²) in [6, 6.07) is 1.64. The molecule has 340 valence electrons. The highest BCUT2D eigenvalue weighted by atomic mass is 16.7. The number of rotatable bonds is 42. The van der Waals surface area contributed by atoms with E-state index in [1.807, 2.05) is 0 Å². The lowest BCUT2D eigenvalue weighted by molar-refractivity contribution is -0.151. The van der Waals surface area contributed by atoms with Gasteiger partial charge in [-0.25, -0.2) is 4.79 Å². The van der Waals surface area contributed by atoms with Crippen molar-refractivity contribution in [1.29, 1.82) is 0 Å². The van der Waals surface area contributed by atoms with Crippen LogP contribution >= 0.6 is 0 Å². The van der Waals surface area contributed by atoms with Crippen LogP contribution in [0.5, 0.6) is 11.8 Å². The minimum atomic E-state index is -0.822. The molecule has 0 fully saturated rings. The SMILES string of the molecule is NC(=O)C(CCCNCCOCCOCC(=O)NCCOCCOCC(=O)On1c(O)ccc1O)NC(=O)CCCCCCCCCCCCCCCCCCC(=O)O. The Morgan fingerprint density at radius 1 is 0.576 bits per heavy atom. The molecule has 0 aliphatic heterocycles. The van der Waals surface area contributed by atoms with E-state index in [-0.39, 0.29) is 51.4 Å². The largest absolute Gasteiger partial charge is 0.492 e. The van der Waals surface area contributed by atoms with Crippen LogP contribution < -0.4 is 26.5 Å². The molecule has 1 unspecified atom stereocenters. The third-order valence-electron chi connectivity index (χ3n) is 9.25. The van der Waals surface area contributed by atoms with E-state index < -0.39 is 42.3 Å². The molecule has 1 atom stereocenters. The summed E-state index contributed by atoms with van der Waals surface area (Å²) in [6.07, 6.45) is 20.2. The molecule has 0 aliphatic rings. The minimum absolute atomic E-state index is 0.0919. The summed E-state index contributed by atoms with van der Waals surface area (Å²) < 4.78 is 21.8. The maximum atomic E-state index is 12.4. The highest BCUT2D eigenvalue weighted by Gasteiger charge is 2.17. The summed E-state index contributed by atoms with van der Waals surface area (Å²) in [5.41, 5.74) is 5.53.